The summed E-state index contributed by atoms with van der Waals surface area (Å²) in [5.74, 6) is 1.82. The fourth-order valence-electron chi connectivity index (χ4n) is 3.52. The summed E-state index contributed by atoms with van der Waals surface area (Å²) >= 11 is 0. The minimum Gasteiger partial charge on any atom is -0.365 e. The number of amides is 1. The Balaban J connectivity index is 0.00000280. The number of H-pyrrole nitrogens is 1. The van der Waals surface area contributed by atoms with Crippen LogP contribution in [0.2, 0.25) is 0 Å². The van der Waals surface area contributed by atoms with E-state index in [4.69, 9.17) is 10.5 Å². The monoisotopic (exact) mass is 407 g/mol. The van der Waals surface area contributed by atoms with Crippen molar-refractivity contribution in [3.05, 3.63) is 30.1 Å². The van der Waals surface area contributed by atoms with Crippen LogP contribution >= 0.6 is 12.4 Å². The number of rotatable bonds is 7. The molecule has 154 valence electrons. The molecule has 7 nitrogen and oxygen atoms in total. The minimum atomic E-state index is -0.417. The lowest BCUT2D eigenvalue weighted by atomic mass is 9.88. The molecule has 3 atom stereocenters. The van der Waals surface area contributed by atoms with Crippen molar-refractivity contribution in [1.82, 2.24) is 15.2 Å². The molecule has 0 radical (unpaired) electrons. The van der Waals surface area contributed by atoms with Crippen LogP contribution in [0, 0.1) is 5.92 Å². The lowest BCUT2D eigenvalue weighted by molar-refractivity contribution is -0.133. The van der Waals surface area contributed by atoms with E-state index in [-0.39, 0.29) is 24.4 Å². The first-order chi connectivity index (χ1) is 13.1. The molecule has 1 saturated carbocycles. The van der Waals surface area contributed by atoms with Crippen molar-refractivity contribution < 1.29 is 9.53 Å². The maximum atomic E-state index is 12.6. The fourth-order valence-corrected chi connectivity index (χ4v) is 3.52. The van der Waals surface area contributed by atoms with Gasteiger partial charge in [-0.2, -0.15) is 5.10 Å². The highest BCUT2D eigenvalue weighted by Crippen LogP contribution is 2.27. The fraction of sp³-hybridized carbons (Fsp3) is 0.550. The maximum absolute atomic E-state index is 12.6. The van der Waals surface area contributed by atoms with Gasteiger partial charge in [0.2, 0.25) is 0 Å². The van der Waals surface area contributed by atoms with Crippen molar-refractivity contribution in [3.63, 3.8) is 0 Å². The Morgan fingerprint density at radius 2 is 2.11 bits per heavy atom. The summed E-state index contributed by atoms with van der Waals surface area (Å²) in [4.78, 5) is 16.9. The lowest BCUT2D eigenvalue weighted by Gasteiger charge is -2.29. The number of hydrogen-bond acceptors (Lipinski definition) is 5. The predicted octanol–water partition coefficient (Wildman–Crippen LogP) is 3.66. The second-order valence-electron chi connectivity index (χ2n) is 7.30. The number of aromatic amines is 1. The van der Waals surface area contributed by atoms with Gasteiger partial charge in [-0.05, 0) is 49.4 Å². The molecule has 1 aromatic heterocycles. The molecule has 2 aromatic rings. The molecular formula is C20H30ClN5O2. The van der Waals surface area contributed by atoms with Gasteiger partial charge in [-0.25, -0.2) is 4.98 Å². The number of benzene rings is 1. The third-order valence-electron chi connectivity index (χ3n) is 5.04. The zero-order valence-corrected chi connectivity index (χ0v) is 17.3. The number of nitrogens with zero attached hydrogens (tertiary/aromatic N) is 2. The van der Waals surface area contributed by atoms with Gasteiger partial charge in [0.15, 0.2) is 5.82 Å². The standard InChI is InChI=1S/C20H29N5O2.ClH/c1-3-17(27-16-6-4-5-13(2)11-16)20(26)22-15-9-7-14(8-10-15)19-23-18(12-21)24-25-19;/h7-10,13,16-17H,3-6,11-12,21H2,1-2H3,(H,22,26)(H,23,24,25);1H. The quantitative estimate of drug-likeness (QED) is 0.649. The van der Waals surface area contributed by atoms with Gasteiger partial charge in [-0.3, -0.25) is 9.89 Å². The Hall–Kier alpha value is -1.96. The molecule has 8 heteroatoms. The highest BCUT2D eigenvalue weighted by molar-refractivity contribution is 5.94. The summed E-state index contributed by atoms with van der Waals surface area (Å²) in [5.41, 5.74) is 7.14. The zero-order chi connectivity index (χ0) is 19.2. The van der Waals surface area contributed by atoms with Gasteiger partial charge in [0.25, 0.3) is 5.91 Å². The Bertz CT molecular complexity index is 749. The van der Waals surface area contributed by atoms with Crippen LogP contribution in [-0.4, -0.2) is 33.3 Å². The molecule has 28 heavy (non-hydrogen) atoms. The summed E-state index contributed by atoms with van der Waals surface area (Å²) in [5, 5.41) is 9.89. The summed E-state index contributed by atoms with van der Waals surface area (Å²) in [6, 6.07) is 7.45. The largest absolute Gasteiger partial charge is 0.365 e. The molecule has 1 amide bonds. The number of nitrogens with one attached hydrogen (secondary N) is 2. The zero-order valence-electron chi connectivity index (χ0n) is 16.5. The number of ether oxygens (including phenoxy) is 1. The first kappa shape index (κ1) is 22.3. The average Bonchev–Trinajstić information content (AvgIpc) is 3.16. The Morgan fingerprint density at radius 1 is 1.36 bits per heavy atom. The van der Waals surface area contributed by atoms with E-state index in [1.807, 2.05) is 31.2 Å². The van der Waals surface area contributed by atoms with Crippen LogP contribution in [0.5, 0.6) is 0 Å². The number of carbonyl (C=O) groups excluding carboxylic acids is 1. The van der Waals surface area contributed by atoms with E-state index in [2.05, 4.69) is 27.4 Å². The van der Waals surface area contributed by atoms with E-state index >= 15 is 0 Å². The van der Waals surface area contributed by atoms with E-state index < -0.39 is 6.10 Å². The van der Waals surface area contributed by atoms with E-state index in [1.165, 1.54) is 12.8 Å². The van der Waals surface area contributed by atoms with Crippen molar-refractivity contribution in [2.24, 2.45) is 11.7 Å². The Kier molecular flexibility index (Phi) is 8.41. The molecule has 1 aromatic carbocycles. The summed E-state index contributed by atoms with van der Waals surface area (Å²) in [7, 11) is 0. The van der Waals surface area contributed by atoms with Gasteiger partial charge in [-0.15, -0.1) is 12.4 Å². The van der Waals surface area contributed by atoms with Crippen molar-refractivity contribution in [2.45, 2.75) is 64.7 Å². The molecule has 0 saturated heterocycles. The molecule has 0 bridgehead atoms. The minimum absolute atomic E-state index is 0. The molecule has 4 N–H and O–H groups in total. The predicted molar refractivity (Wildman–Crippen MR) is 112 cm³/mol. The van der Waals surface area contributed by atoms with Crippen LogP contribution in [0.1, 0.15) is 51.8 Å². The number of halogens is 1. The van der Waals surface area contributed by atoms with Crippen LogP contribution in [0.25, 0.3) is 11.4 Å². The number of hydrogen-bond donors (Lipinski definition) is 3. The first-order valence-electron chi connectivity index (χ1n) is 9.77. The molecule has 1 fully saturated rings. The van der Waals surface area contributed by atoms with Gasteiger partial charge in [0.1, 0.15) is 11.9 Å². The van der Waals surface area contributed by atoms with E-state index in [0.29, 0.717) is 30.5 Å². The highest BCUT2D eigenvalue weighted by atomic mass is 35.5. The second kappa shape index (κ2) is 10.5. The first-order valence-corrected chi connectivity index (χ1v) is 9.77. The summed E-state index contributed by atoms with van der Waals surface area (Å²) in [6.45, 7) is 4.56. The molecule has 0 spiro atoms. The third kappa shape index (κ3) is 5.77. The van der Waals surface area contributed by atoms with Crippen LogP contribution < -0.4 is 11.1 Å². The van der Waals surface area contributed by atoms with E-state index in [0.717, 1.165) is 24.1 Å². The average molecular weight is 408 g/mol. The summed E-state index contributed by atoms with van der Waals surface area (Å²) < 4.78 is 6.11. The number of anilines is 1. The summed E-state index contributed by atoms with van der Waals surface area (Å²) in [6.07, 6.45) is 4.96. The topological polar surface area (TPSA) is 106 Å². The number of carbonyl (C=O) groups is 1. The smallest absolute Gasteiger partial charge is 0.253 e. The lowest BCUT2D eigenvalue weighted by Crippen LogP contribution is -2.35. The number of nitrogens with two attached hydrogens (primary N) is 1. The third-order valence-corrected chi connectivity index (χ3v) is 5.04. The van der Waals surface area contributed by atoms with Crippen LogP contribution in [0.3, 0.4) is 0 Å². The molecule has 1 aliphatic carbocycles. The van der Waals surface area contributed by atoms with Gasteiger partial charge >= 0.3 is 0 Å². The normalized spacial score (nSPS) is 20.2. The van der Waals surface area contributed by atoms with Gasteiger partial charge in [-0.1, -0.05) is 26.7 Å². The molecular weight excluding hydrogens is 378 g/mol. The van der Waals surface area contributed by atoms with Crippen molar-refractivity contribution in [2.75, 3.05) is 5.32 Å². The molecule has 1 aliphatic rings. The van der Waals surface area contributed by atoms with Crippen LogP contribution in [0.15, 0.2) is 24.3 Å². The van der Waals surface area contributed by atoms with Crippen LogP contribution in [-0.2, 0) is 16.1 Å². The maximum Gasteiger partial charge on any atom is 0.253 e. The highest BCUT2D eigenvalue weighted by Gasteiger charge is 2.25. The second-order valence-corrected chi connectivity index (χ2v) is 7.30. The molecule has 3 unspecified atom stereocenters. The van der Waals surface area contributed by atoms with E-state index in [9.17, 15) is 4.79 Å². The van der Waals surface area contributed by atoms with Crippen molar-refractivity contribution >= 4 is 24.0 Å². The molecule has 3 rings (SSSR count). The number of aromatic nitrogens is 3. The van der Waals surface area contributed by atoms with Crippen molar-refractivity contribution in [1.29, 1.82) is 0 Å². The van der Waals surface area contributed by atoms with E-state index in [1.54, 1.807) is 0 Å². The van der Waals surface area contributed by atoms with Gasteiger partial charge in [0, 0.05) is 11.3 Å². The van der Waals surface area contributed by atoms with Gasteiger partial charge < -0.3 is 15.8 Å². The molecule has 1 heterocycles. The Labute approximate surface area is 172 Å². The van der Waals surface area contributed by atoms with Gasteiger partial charge in [0.05, 0.1) is 12.6 Å². The molecule has 0 aliphatic heterocycles. The van der Waals surface area contributed by atoms with Crippen LogP contribution in [0.4, 0.5) is 5.69 Å². The van der Waals surface area contributed by atoms with Crippen molar-refractivity contribution in [3.8, 4) is 11.4 Å². The Morgan fingerprint density at radius 3 is 2.71 bits per heavy atom. The SMILES string of the molecule is CCC(OC1CCCC(C)C1)C(=O)Nc1ccc(-c2n[nH]c(CN)n2)cc1.Cl.